The third kappa shape index (κ3) is 3.26. The monoisotopic (exact) mass is 277 g/mol. The van der Waals surface area contributed by atoms with Crippen molar-refractivity contribution in [2.24, 2.45) is 0 Å². The van der Waals surface area contributed by atoms with Crippen molar-refractivity contribution in [2.75, 3.05) is 13.1 Å². The number of hydrogen-bond acceptors (Lipinski definition) is 3. The van der Waals surface area contributed by atoms with Gasteiger partial charge in [-0.1, -0.05) is 13.0 Å². The Labute approximate surface area is 117 Å². The molecule has 2 heterocycles. The van der Waals surface area contributed by atoms with E-state index in [2.05, 4.69) is 5.32 Å². The Morgan fingerprint density at radius 3 is 2.75 bits per heavy atom. The molecule has 2 rings (SSSR count). The highest BCUT2D eigenvalue weighted by Crippen LogP contribution is 2.06. The number of rotatable bonds is 4. The molecule has 1 unspecified atom stereocenters. The van der Waals surface area contributed by atoms with Gasteiger partial charge in [-0.25, -0.2) is 0 Å². The summed E-state index contributed by atoms with van der Waals surface area (Å²) >= 11 is 0. The number of nitrogens with zero attached hydrogens (tertiary/aromatic N) is 2. The fourth-order valence-electron chi connectivity index (χ4n) is 2.27. The Morgan fingerprint density at radius 1 is 1.25 bits per heavy atom. The maximum Gasteiger partial charge on any atom is 0.250 e. The highest BCUT2D eigenvalue weighted by molar-refractivity contribution is 5.89. The molecule has 0 saturated carbocycles. The topological polar surface area (TPSA) is 71.4 Å². The van der Waals surface area contributed by atoms with Gasteiger partial charge < -0.3 is 14.8 Å². The maximum absolute atomic E-state index is 12.3. The minimum atomic E-state index is -0.447. The Balaban J connectivity index is 2.04. The average molecular weight is 277 g/mol. The molecule has 6 heteroatoms. The smallest absolute Gasteiger partial charge is 0.250 e. The number of carbonyl (C=O) groups excluding carboxylic acids is 2. The van der Waals surface area contributed by atoms with Crippen molar-refractivity contribution in [1.29, 1.82) is 0 Å². The number of amides is 2. The first-order valence-corrected chi connectivity index (χ1v) is 6.85. The minimum absolute atomic E-state index is 0.0673. The van der Waals surface area contributed by atoms with Crippen LogP contribution in [0.5, 0.6) is 0 Å². The van der Waals surface area contributed by atoms with Gasteiger partial charge in [0.15, 0.2) is 0 Å². The lowest BCUT2D eigenvalue weighted by Crippen LogP contribution is -2.45. The van der Waals surface area contributed by atoms with E-state index in [9.17, 15) is 14.4 Å². The molecule has 1 fully saturated rings. The van der Waals surface area contributed by atoms with Gasteiger partial charge in [-0.3, -0.25) is 14.4 Å². The van der Waals surface area contributed by atoms with E-state index in [-0.39, 0.29) is 17.4 Å². The third-order valence-corrected chi connectivity index (χ3v) is 3.47. The van der Waals surface area contributed by atoms with E-state index in [1.165, 1.54) is 6.07 Å². The first-order valence-electron chi connectivity index (χ1n) is 6.85. The summed E-state index contributed by atoms with van der Waals surface area (Å²) in [6.07, 6.45) is 2.59. The molecular weight excluding hydrogens is 258 g/mol. The van der Waals surface area contributed by atoms with Crippen LogP contribution < -0.4 is 10.9 Å². The highest BCUT2D eigenvalue weighted by atomic mass is 16.2. The summed E-state index contributed by atoms with van der Waals surface area (Å²) in [6.45, 7) is 3.15. The second-order valence-corrected chi connectivity index (χ2v) is 4.84. The first-order chi connectivity index (χ1) is 9.61. The van der Waals surface area contributed by atoms with E-state index < -0.39 is 6.04 Å². The predicted octanol–water partition coefficient (Wildman–Crippen LogP) is -0.0246. The van der Waals surface area contributed by atoms with Crippen molar-refractivity contribution < 1.29 is 9.59 Å². The van der Waals surface area contributed by atoms with Crippen molar-refractivity contribution in [3.05, 3.63) is 34.7 Å². The van der Waals surface area contributed by atoms with Crippen LogP contribution in [-0.4, -0.2) is 40.4 Å². The fraction of sp³-hybridized carbons (Fsp3) is 0.500. The van der Waals surface area contributed by atoms with Crippen molar-refractivity contribution in [2.45, 2.75) is 32.4 Å². The van der Waals surface area contributed by atoms with Gasteiger partial charge in [-0.15, -0.1) is 0 Å². The van der Waals surface area contributed by atoms with Crippen molar-refractivity contribution in [3.63, 3.8) is 0 Å². The third-order valence-electron chi connectivity index (χ3n) is 3.47. The molecular formula is C14H19N3O3. The molecule has 2 amide bonds. The number of pyridine rings is 1. The number of nitrogens with one attached hydrogen (secondary N) is 1. The van der Waals surface area contributed by atoms with Gasteiger partial charge in [0.1, 0.15) is 6.04 Å². The molecule has 108 valence electrons. The van der Waals surface area contributed by atoms with Crippen LogP contribution in [0.1, 0.15) is 19.8 Å². The molecule has 1 aliphatic rings. The van der Waals surface area contributed by atoms with Gasteiger partial charge in [0.05, 0.1) is 0 Å². The number of hydrogen-bond donors (Lipinski definition) is 1. The average Bonchev–Trinajstić information content (AvgIpc) is 2.58. The van der Waals surface area contributed by atoms with Crippen LogP contribution in [0.2, 0.25) is 0 Å². The van der Waals surface area contributed by atoms with Crippen LogP contribution in [0.15, 0.2) is 29.2 Å². The quantitative estimate of drug-likeness (QED) is 0.840. The van der Waals surface area contributed by atoms with E-state index in [4.69, 9.17) is 0 Å². The van der Waals surface area contributed by atoms with E-state index in [1.807, 2.05) is 6.92 Å². The lowest BCUT2D eigenvalue weighted by Gasteiger charge is -2.23. The van der Waals surface area contributed by atoms with Crippen LogP contribution in [-0.2, 0) is 16.1 Å². The van der Waals surface area contributed by atoms with Crippen LogP contribution >= 0.6 is 0 Å². The molecule has 1 atom stereocenters. The zero-order chi connectivity index (χ0) is 14.5. The number of carbonyl (C=O) groups is 2. The van der Waals surface area contributed by atoms with Crippen LogP contribution in [0, 0.1) is 0 Å². The molecule has 0 spiro atoms. The number of aromatic nitrogens is 1. The molecule has 0 radical (unpaired) electrons. The summed E-state index contributed by atoms with van der Waals surface area (Å²) in [5.74, 6) is -0.160. The zero-order valence-electron chi connectivity index (χ0n) is 11.5. The van der Waals surface area contributed by atoms with Gasteiger partial charge in [-0.05, 0) is 12.5 Å². The van der Waals surface area contributed by atoms with E-state index >= 15 is 0 Å². The molecule has 0 aliphatic carbocycles. The normalized spacial score (nSPS) is 19.6. The lowest BCUT2D eigenvalue weighted by atomic mass is 10.2. The summed E-state index contributed by atoms with van der Waals surface area (Å²) < 4.78 is 1.56. The lowest BCUT2D eigenvalue weighted by molar-refractivity contribution is -0.133. The summed E-state index contributed by atoms with van der Waals surface area (Å²) in [4.78, 5) is 37.0. The summed E-state index contributed by atoms with van der Waals surface area (Å²) in [7, 11) is 0. The highest BCUT2D eigenvalue weighted by Gasteiger charge is 2.28. The van der Waals surface area contributed by atoms with Crippen molar-refractivity contribution in [1.82, 2.24) is 14.8 Å². The van der Waals surface area contributed by atoms with Gasteiger partial charge >= 0.3 is 0 Å². The van der Waals surface area contributed by atoms with Gasteiger partial charge in [0.2, 0.25) is 11.8 Å². The van der Waals surface area contributed by atoms with E-state index in [0.717, 1.165) is 0 Å². The zero-order valence-corrected chi connectivity index (χ0v) is 11.5. The first kappa shape index (κ1) is 14.3. The van der Waals surface area contributed by atoms with Gasteiger partial charge in [0, 0.05) is 38.3 Å². The fourth-order valence-corrected chi connectivity index (χ4v) is 2.27. The molecule has 0 bridgehead atoms. The van der Waals surface area contributed by atoms with E-state index in [0.29, 0.717) is 32.5 Å². The molecule has 1 aromatic heterocycles. The standard InChI is InChI=1S/C14H19N3O3/c1-2-11-14(20)17(8-6-12(18)15-11)10-9-16-7-4-3-5-13(16)19/h3-5,7,11H,2,6,8-10H2,1H3,(H,15,18). The Hall–Kier alpha value is -2.11. The Morgan fingerprint density at radius 2 is 2.05 bits per heavy atom. The molecule has 1 saturated heterocycles. The molecule has 1 aliphatic heterocycles. The van der Waals surface area contributed by atoms with Crippen molar-refractivity contribution >= 4 is 11.8 Å². The van der Waals surface area contributed by atoms with Crippen LogP contribution in [0.4, 0.5) is 0 Å². The molecule has 20 heavy (non-hydrogen) atoms. The molecule has 1 aromatic rings. The summed E-state index contributed by atoms with van der Waals surface area (Å²) in [6, 6.07) is 4.51. The SMILES string of the molecule is CCC1NC(=O)CCN(CCn2ccccc2=O)C1=O. The summed E-state index contributed by atoms with van der Waals surface area (Å²) in [5, 5.41) is 2.72. The maximum atomic E-state index is 12.3. The Bertz CT molecular complexity index is 553. The predicted molar refractivity (Wildman–Crippen MR) is 74.1 cm³/mol. The van der Waals surface area contributed by atoms with Crippen LogP contribution in [0.25, 0.3) is 0 Å². The molecule has 6 nitrogen and oxygen atoms in total. The molecule has 0 aromatic carbocycles. The van der Waals surface area contributed by atoms with Gasteiger partial charge in [0.25, 0.3) is 5.56 Å². The summed E-state index contributed by atoms with van der Waals surface area (Å²) in [5.41, 5.74) is -0.0870. The Kier molecular flexibility index (Phi) is 4.55. The van der Waals surface area contributed by atoms with Crippen molar-refractivity contribution in [3.8, 4) is 0 Å². The van der Waals surface area contributed by atoms with Gasteiger partial charge in [-0.2, -0.15) is 0 Å². The largest absolute Gasteiger partial charge is 0.344 e. The second kappa shape index (κ2) is 6.36. The molecule has 1 N–H and O–H groups in total. The van der Waals surface area contributed by atoms with Crippen LogP contribution in [0.3, 0.4) is 0 Å². The second-order valence-electron chi connectivity index (χ2n) is 4.84. The van der Waals surface area contributed by atoms with E-state index in [1.54, 1.807) is 27.8 Å². The minimum Gasteiger partial charge on any atom is -0.344 e.